The van der Waals surface area contributed by atoms with Gasteiger partial charge in [0, 0.05) is 4.70 Å². The molecule has 5 aromatic rings. The number of aromatic nitrogens is 1. The number of pyridine rings is 1. The van der Waals surface area contributed by atoms with E-state index in [1.165, 1.54) is 0 Å². The molecule has 0 saturated carbocycles. The summed E-state index contributed by atoms with van der Waals surface area (Å²) >= 11 is 1.62. The van der Waals surface area contributed by atoms with Crippen molar-refractivity contribution < 1.29 is 14.6 Å². The van der Waals surface area contributed by atoms with Gasteiger partial charge in [-0.2, -0.15) is 0 Å². The molecule has 166 valence electrons. The van der Waals surface area contributed by atoms with Crippen LogP contribution in [0.25, 0.3) is 36.4 Å². The van der Waals surface area contributed by atoms with Crippen LogP contribution in [-0.2, 0) is 6.61 Å². The lowest BCUT2D eigenvalue weighted by molar-refractivity contribution is 0.0698. The molecule has 0 spiro atoms. The molecule has 1 N–H and O–H groups in total. The molecule has 0 aliphatic rings. The summed E-state index contributed by atoms with van der Waals surface area (Å²) in [6.45, 7) is 11.4. The van der Waals surface area contributed by atoms with Crippen molar-refractivity contribution in [2.24, 2.45) is 0 Å². The van der Waals surface area contributed by atoms with Gasteiger partial charge in [-0.15, -0.1) is 11.3 Å². The van der Waals surface area contributed by atoms with E-state index in [0.717, 1.165) is 31.7 Å². The molecule has 3 aromatic carbocycles. The zero-order valence-corrected chi connectivity index (χ0v) is 19.4. The number of ether oxygens (including phenoxy) is 1. The minimum Gasteiger partial charge on any atom is -0.488 e. The Hall–Kier alpha value is -4.21. The second-order valence-corrected chi connectivity index (χ2v) is 9.14. The van der Waals surface area contributed by atoms with Crippen molar-refractivity contribution in [3.63, 3.8) is 0 Å². The fraction of sp³-hybridized carbons (Fsp3) is 0.107. The highest BCUT2D eigenvalue weighted by Gasteiger charge is 2.20. The summed E-state index contributed by atoms with van der Waals surface area (Å²) < 4.78 is 7.21. The van der Waals surface area contributed by atoms with Gasteiger partial charge in [0.1, 0.15) is 12.4 Å². The fourth-order valence-corrected chi connectivity index (χ4v) is 5.31. The summed E-state index contributed by atoms with van der Waals surface area (Å²) in [6, 6.07) is 20.7. The predicted octanol–water partition coefficient (Wildman–Crippen LogP) is 7.56. The molecule has 5 nitrogen and oxygen atoms in total. The third-order valence-corrected chi connectivity index (χ3v) is 7.16. The minimum absolute atomic E-state index is 0.158. The molecule has 0 saturated heterocycles. The summed E-state index contributed by atoms with van der Waals surface area (Å²) in [5.74, 6) is -0.573. The monoisotopic (exact) mass is 464 g/mol. The fourth-order valence-electron chi connectivity index (χ4n) is 4.14. The Labute approximate surface area is 200 Å². The normalized spacial score (nSPS) is 11.0. The number of hydrogen-bond acceptors (Lipinski definition) is 4. The number of carboxylic acid groups (broad SMARTS) is 1. The summed E-state index contributed by atoms with van der Waals surface area (Å²) in [4.78, 5) is 21.7. The van der Waals surface area contributed by atoms with E-state index in [1.807, 2.05) is 44.2 Å². The number of thiophene rings is 1. The second-order valence-electron chi connectivity index (χ2n) is 8.09. The topological polar surface area (TPSA) is 63.8 Å². The van der Waals surface area contributed by atoms with Crippen LogP contribution in [0.1, 0.15) is 27.0 Å². The van der Waals surface area contributed by atoms with Gasteiger partial charge in [-0.25, -0.2) is 14.6 Å². The van der Waals surface area contributed by atoms with Crippen LogP contribution in [0.4, 0.5) is 5.69 Å². The van der Waals surface area contributed by atoms with Crippen molar-refractivity contribution in [2.75, 3.05) is 0 Å². The first-order chi connectivity index (χ1) is 16.5. The molecule has 0 bridgehead atoms. The third-order valence-electron chi connectivity index (χ3n) is 5.86. The lowest BCUT2D eigenvalue weighted by Crippen LogP contribution is -2.04. The molecule has 0 fully saturated rings. The number of hydrogen-bond donors (Lipinski definition) is 1. The highest BCUT2D eigenvalue weighted by molar-refractivity contribution is 7.22. The van der Waals surface area contributed by atoms with E-state index in [9.17, 15) is 9.90 Å². The van der Waals surface area contributed by atoms with Crippen molar-refractivity contribution in [3.8, 4) is 16.3 Å². The Kier molecular flexibility index (Phi) is 5.48. The van der Waals surface area contributed by atoms with Gasteiger partial charge in [-0.1, -0.05) is 42.5 Å². The smallest absolute Gasteiger partial charge is 0.336 e. The highest BCUT2D eigenvalue weighted by Crippen LogP contribution is 2.40. The van der Waals surface area contributed by atoms with Crippen LogP contribution in [0, 0.1) is 20.4 Å². The molecule has 34 heavy (non-hydrogen) atoms. The zero-order valence-electron chi connectivity index (χ0n) is 18.6. The Morgan fingerprint density at radius 3 is 2.68 bits per heavy atom. The van der Waals surface area contributed by atoms with Gasteiger partial charge >= 0.3 is 5.97 Å². The molecule has 5 rings (SSSR count). The average Bonchev–Trinajstić information content (AvgIpc) is 3.19. The first-order valence-electron chi connectivity index (χ1n) is 10.7. The Balaban J connectivity index is 1.65. The molecule has 2 aromatic heterocycles. The number of rotatable bonds is 5. The highest BCUT2D eigenvalue weighted by atomic mass is 32.1. The van der Waals surface area contributed by atoms with Gasteiger partial charge in [-0.3, -0.25) is 0 Å². The summed E-state index contributed by atoms with van der Waals surface area (Å²) in [7, 11) is 0. The Morgan fingerprint density at radius 1 is 1.09 bits per heavy atom. The van der Waals surface area contributed by atoms with Crippen LogP contribution in [0.15, 0.2) is 66.7 Å². The third kappa shape index (κ3) is 3.76. The average molecular weight is 465 g/mol. The minimum atomic E-state index is -1.03. The van der Waals surface area contributed by atoms with E-state index in [2.05, 4.69) is 17.0 Å². The first-order valence-corrected chi connectivity index (χ1v) is 11.5. The maximum atomic E-state index is 12.4. The van der Waals surface area contributed by atoms with Gasteiger partial charge in [0.25, 0.3) is 0 Å². The van der Waals surface area contributed by atoms with Crippen LogP contribution >= 0.6 is 11.3 Å². The van der Waals surface area contributed by atoms with Gasteiger partial charge in [0.15, 0.2) is 5.69 Å². The van der Waals surface area contributed by atoms with Crippen molar-refractivity contribution in [3.05, 3.63) is 100 Å². The van der Waals surface area contributed by atoms with E-state index < -0.39 is 5.97 Å². The van der Waals surface area contributed by atoms with Gasteiger partial charge in [0.05, 0.1) is 33.6 Å². The molecular weight excluding hydrogens is 444 g/mol. The molecule has 0 aliphatic heterocycles. The lowest BCUT2D eigenvalue weighted by atomic mass is 10.0. The number of benzene rings is 3. The number of aromatic carboxylic acids is 1. The maximum Gasteiger partial charge on any atom is 0.336 e. The Morgan fingerprint density at radius 2 is 1.91 bits per heavy atom. The van der Waals surface area contributed by atoms with E-state index in [0.29, 0.717) is 28.0 Å². The molecular formula is C28H20N2O3S. The van der Waals surface area contributed by atoms with Crippen LogP contribution < -0.4 is 4.74 Å². The molecule has 0 unspecified atom stereocenters. The SMILES string of the molecule is [C-]#[N+]c1cccc(COc2ccc(C)c3nc(-c4sc5ccccc5c4C)cc(C(=O)O)c23)c1. The molecule has 2 heterocycles. The van der Waals surface area contributed by atoms with Crippen molar-refractivity contribution in [1.82, 2.24) is 4.98 Å². The van der Waals surface area contributed by atoms with Gasteiger partial charge in [0.2, 0.25) is 0 Å². The van der Waals surface area contributed by atoms with Crippen molar-refractivity contribution >= 4 is 44.0 Å². The van der Waals surface area contributed by atoms with Crippen molar-refractivity contribution in [2.45, 2.75) is 20.5 Å². The number of carboxylic acids is 1. The van der Waals surface area contributed by atoms with Crippen LogP contribution in [-0.4, -0.2) is 16.1 Å². The molecule has 0 radical (unpaired) electrons. The van der Waals surface area contributed by atoms with Crippen molar-refractivity contribution in [1.29, 1.82) is 0 Å². The number of carbonyl (C=O) groups is 1. The van der Waals surface area contributed by atoms with Gasteiger partial charge < -0.3 is 9.84 Å². The summed E-state index contributed by atoms with van der Waals surface area (Å²) in [6.07, 6.45) is 0. The molecule has 6 heteroatoms. The summed E-state index contributed by atoms with van der Waals surface area (Å²) in [5, 5.41) is 11.8. The number of aryl methyl sites for hydroxylation is 2. The Bertz CT molecular complexity index is 1630. The maximum absolute atomic E-state index is 12.4. The van der Waals surface area contributed by atoms with Crippen LogP contribution in [0.2, 0.25) is 0 Å². The largest absolute Gasteiger partial charge is 0.488 e. The first kappa shape index (κ1) is 21.6. The number of nitrogens with zero attached hydrogens (tertiary/aromatic N) is 2. The van der Waals surface area contributed by atoms with Gasteiger partial charge in [-0.05, 0) is 60.2 Å². The van der Waals surface area contributed by atoms with Crippen LogP contribution in [0.3, 0.4) is 0 Å². The second kappa shape index (κ2) is 8.62. The van der Waals surface area contributed by atoms with E-state index in [4.69, 9.17) is 16.3 Å². The molecule has 0 atom stereocenters. The molecule has 0 amide bonds. The predicted molar refractivity (Wildman–Crippen MR) is 136 cm³/mol. The zero-order chi connectivity index (χ0) is 23.8. The lowest BCUT2D eigenvalue weighted by Gasteiger charge is -2.14. The van der Waals surface area contributed by atoms with E-state index >= 15 is 0 Å². The standard InChI is InChI=1S/C28H20N2O3S/c1-16-11-12-23(33-15-18-7-6-8-19(13-18)29-3)25-21(28(31)32)14-22(30-26(16)25)27-17(2)20-9-4-5-10-24(20)34-27/h4-14H,15H2,1-2H3,(H,31,32). The molecule has 0 aliphatic carbocycles. The van der Waals surface area contributed by atoms with E-state index in [1.54, 1.807) is 35.6 Å². The quantitative estimate of drug-likeness (QED) is 0.273. The summed E-state index contributed by atoms with van der Waals surface area (Å²) in [5.41, 5.74) is 4.75. The van der Waals surface area contributed by atoms with Crippen LogP contribution in [0.5, 0.6) is 5.75 Å². The number of fused-ring (bicyclic) bond motifs is 2. The van der Waals surface area contributed by atoms with E-state index in [-0.39, 0.29) is 12.2 Å².